The van der Waals surface area contributed by atoms with Crippen molar-refractivity contribution in [1.82, 2.24) is 0 Å². The minimum Gasteiger partial charge on any atom is -0.385 e. The van der Waals surface area contributed by atoms with Crippen LogP contribution in [0.4, 0.5) is 5.69 Å². The number of hydrogen-bond acceptors (Lipinski definition) is 3. The molecule has 0 aliphatic carbocycles. The van der Waals surface area contributed by atoms with Crippen LogP contribution in [0.3, 0.4) is 0 Å². The van der Waals surface area contributed by atoms with E-state index in [4.69, 9.17) is 0 Å². The molecule has 0 saturated carbocycles. The Morgan fingerprint density at radius 3 is 2.33 bits per heavy atom. The molecule has 182 valence electrons. The molecule has 0 saturated heterocycles. The normalized spacial score (nSPS) is 24.1. The maximum atomic E-state index is 13.8. The van der Waals surface area contributed by atoms with E-state index in [1.54, 1.807) is 0 Å². The lowest BCUT2D eigenvalue weighted by Crippen LogP contribution is -2.37. The van der Waals surface area contributed by atoms with Gasteiger partial charge in [-0.15, -0.1) is 0 Å². The van der Waals surface area contributed by atoms with E-state index in [1.807, 2.05) is 18.2 Å². The average Bonchev–Trinajstić information content (AvgIpc) is 2.89. The first-order valence-electron chi connectivity index (χ1n) is 13.0. The molecular formula is C29H43NO2S. The molecule has 2 aromatic rings. The van der Waals surface area contributed by atoms with Crippen molar-refractivity contribution in [1.29, 1.82) is 0 Å². The molecule has 33 heavy (non-hydrogen) atoms. The van der Waals surface area contributed by atoms with Gasteiger partial charge in [0.1, 0.15) is 0 Å². The van der Waals surface area contributed by atoms with Crippen molar-refractivity contribution in [3.63, 3.8) is 0 Å². The fourth-order valence-corrected chi connectivity index (χ4v) is 8.08. The van der Waals surface area contributed by atoms with Gasteiger partial charge in [-0.25, -0.2) is 8.42 Å². The van der Waals surface area contributed by atoms with Crippen LogP contribution in [0.2, 0.25) is 0 Å². The summed E-state index contributed by atoms with van der Waals surface area (Å²) in [6, 6.07) is 16.5. The Kier molecular flexibility index (Phi) is 9.03. The van der Waals surface area contributed by atoms with Crippen molar-refractivity contribution in [2.75, 3.05) is 17.6 Å². The average molecular weight is 470 g/mol. The summed E-state index contributed by atoms with van der Waals surface area (Å²) >= 11 is 0. The van der Waals surface area contributed by atoms with Gasteiger partial charge in [0.25, 0.3) is 0 Å². The Morgan fingerprint density at radius 1 is 0.939 bits per heavy atom. The Labute approximate surface area is 202 Å². The van der Waals surface area contributed by atoms with Gasteiger partial charge in [-0.1, -0.05) is 90.1 Å². The highest BCUT2D eigenvalue weighted by Crippen LogP contribution is 2.52. The topological polar surface area (TPSA) is 46.2 Å². The van der Waals surface area contributed by atoms with Gasteiger partial charge in [-0.05, 0) is 59.9 Å². The van der Waals surface area contributed by atoms with Gasteiger partial charge in [0.15, 0.2) is 9.84 Å². The maximum Gasteiger partial charge on any atom is 0.179 e. The summed E-state index contributed by atoms with van der Waals surface area (Å²) in [5.74, 6) is 0.544. The number of hydrogen-bond donors (Lipinski definition) is 1. The van der Waals surface area contributed by atoms with E-state index in [0.717, 1.165) is 49.9 Å². The number of anilines is 1. The Bertz CT molecular complexity index is 986. The first kappa shape index (κ1) is 25.8. The van der Waals surface area contributed by atoms with Crippen LogP contribution in [0.5, 0.6) is 0 Å². The van der Waals surface area contributed by atoms with Gasteiger partial charge in [0.05, 0.1) is 10.6 Å². The van der Waals surface area contributed by atoms with Crippen LogP contribution in [0.25, 0.3) is 0 Å². The van der Waals surface area contributed by atoms with Crippen LogP contribution in [0.15, 0.2) is 53.4 Å². The van der Waals surface area contributed by atoms with Crippen LogP contribution >= 0.6 is 0 Å². The van der Waals surface area contributed by atoms with Gasteiger partial charge in [-0.2, -0.15) is 0 Å². The van der Waals surface area contributed by atoms with Gasteiger partial charge in [-0.3, -0.25) is 0 Å². The molecule has 0 aromatic heterocycles. The van der Waals surface area contributed by atoms with Crippen molar-refractivity contribution in [2.24, 2.45) is 11.3 Å². The van der Waals surface area contributed by atoms with E-state index >= 15 is 0 Å². The summed E-state index contributed by atoms with van der Waals surface area (Å²) in [5.41, 5.74) is 3.00. The number of sulfone groups is 1. The predicted molar refractivity (Wildman–Crippen MR) is 141 cm³/mol. The third-order valence-electron chi connectivity index (χ3n) is 7.87. The van der Waals surface area contributed by atoms with E-state index in [1.165, 1.54) is 24.8 Å². The molecule has 0 bridgehead atoms. The van der Waals surface area contributed by atoms with Gasteiger partial charge < -0.3 is 5.32 Å². The largest absolute Gasteiger partial charge is 0.385 e. The fraction of sp³-hybridized carbons (Fsp3) is 0.586. The summed E-state index contributed by atoms with van der Waals surface area (Å²) in [6.07, 6.45) is 8.84. The molecule has 1 N–H and O–H groups in total. The molecule has 0 fully saturated rings. The number of fused-ring (bicyclic) bond motifs is 1. The van der Waals surface area contributed by atoms with E-state index in [-0.39, 0.29) is 23.0 Å². The molecule has 0 unspecified atom stereocenters. The van der Waals surface area contributed by atoms with Crippen LogP contribution in [0, 0.1) is 11.3 Å². The second-order valence-electron chi connectivity index (χ2n) is 10.00. The first-order chi connectivity index (χ1) is 15.9. The summed E-state index contributed by atoms with van der Waals surface area (Å²) in [4.78, 5) is 0.534. The molecule has 4 heteroatoms. The van der Waals surface area contributed by atoms with Crippen molar-refractivity contribution >= 4 is 15.5 Å². The molecule has 3 rings (SSSR count). The van der Waals surface area contributed by atoms with E-state index in [9.17, 15) is 8.42 Å². The number of benzene rings is 2. The van der Waals surface area contributed by atoms with Gasteiger partial charge in [0.2, 0.25) is 0 Å². The lowest BCUT2D eigenvalue weighted by molar-refractivity contribution is 0.160. The number of nitrogens with one attached hydrogen (secondary N) is 1. The Hall–Kier alpha value is -1.81. The summed E-state index contributed by atoms with van der Waals surface area (Å²) < 4.78 is 27.6. The Balaban J connectivity index is 2.08. The molecular weight excluding hydrogens is 426 g/mol. The third kappa shape index (κ3) is 5.82. The van der Waals surface area contributed by atoms with Gasteiger partial charge in [0, 0.05) is 18.2 Å². The molecule has 3 nitrogen and oxygen atoms in total. The van der Waals surface area contributed by atoms with Crippen molar-refractivity contribution in [2.45, 2.75) is 89.9 Å². The quantitative estimate of drug-likeness (QED) is 0.341. The van der Waals surface area contributed by atoms with Crippen molar-refractivity contribution in [3.8, 4) is 0 Å². The summed E-state index contributed by atoms with van der Waals surface area (Å²) in [7, 11) is -3.38. The van der Waals surface area contributed by atoms with Crippen molar-refractivity contribution in [3.05, 3.63) is 59.7 Å². The number of unbranched alkanes of at least 4 members (excludes halogenated alkanes) is 4. The molecule has 1 aliphatic heterocycles. The van der Waals surface area contributed by atoms with Crippen LogP contribution in [-0.4, -0.2) is 20.7 Å². The Morgan fingerprint density at radius 2 is 1.67 bits per heavy atom. The summed E-state index contributed by atoms with van der Waals surface area (Å²) in [5, 5.41) is 3.56. The standard InChI is InChI=1S/C29H43NO2S/c1-5-8-10-14-20-30-25-17-18-27-26(21-25)28(24-15-12-11-13-16-24)23(4)29(7-3,19-9-6-2)22-33(27,31)32/h11-13,15-18,21,23,28,30H,5-10,14,19-20,22H2,1-4H3/t23-,28-,29-/m1/s1. The lowest BCUT2D eigenvalue weighted by Gasteiger charge is -2.41. The molecule has 1 heterocycles. The smallest absolute Gasteiger partial charge is 0.179 e. The van der Waals surface area contributed by atoms with Crippen LogP contribution in [0.1, 0.15) is 96.1 Å². The number of rotatable bonds is 11. The SMILES string of the molecule is CCCCCCNc1ccc2c(c1)[C@@H](c1ccccc1)[C@@H](C)[C@](CC)(CCCC)CS2(=O)=O. The highest BCUT2D eigenvalue weighted by molar-refractivity contribution is 7.91. The maximum absolute atomic E-state index is 13.8. The fourth-order valence-electron chi connectivity index (χ4n) is 5.74. The minimum absolute atomic E-state index is 0.0668. The molecule has 0 amide bonds. The molecule has 3 atom stereocenters. The molecule has 0 radical (unpaired) electrons. The van der Waals surface area contributed by atoms with Crippen LogP contribution in [-0.2, 0) is 9.84 Å². The monoisotopic (exact) mass is 469 g/mol. The van der Waals surface area contributed by atoms with E-state index in [0.29, 0.717) is 4.90 Å². The highest BCUT2D eigenvalue weighted by Gasteiger charge is 2.47. The predicted octanol–water partition coefficient (Wildman–Crippen LogP) is 7.82. The molecule has 0 spiro atoms. The highest BCUT2D eigenvalue weighted by atomic mass is 32.2. The van der Waals surface area contributed by atoms with Crippen LogP contribution < -0.4 is 5.32 Å². The first-order valence-corrected chi connectivity index (χ1v) is 14.7. The van der Waals surface area contributed by atoms with Crippen molar-refractivity contribution < 1.29 is 8.42 Å². The third-order valence-corrected chi connectivity index (χ3v) is 9.87. The zero-order chi connectivity index (χ0) is 23.9. The van der Waals surface area contributed by atoms with E-state index in [2.05, 4.69) is 63.3 Å². The second kappa shape index (κ2) is 11.6. The molecule has 1 aliphatic rings. The van der Waals surface area contributed by atoms with E-state index < -0.39 is 9.84 Å². The summed E-state index contributed by atoms with van der Waals surface area (Å²) in [6.45, 7) is 9.82. The van der Waals surface area contributed by atoms with Gasteiger partial charge >= 0.3 is 0 Å². The minimum atomic E-state index is -3.38. The molecule has 2 aromatic carbocycles. The zero-order valence-electron chi connectivity index (χ0n) is 21.1. The second-order valence-corrected chi connectivity index (χ2v) is 12.0. The lowest BCUT2D eigenvalue weighted by atomic mass is 9.64. The zero-order valence-corrected chi connectivity index (χ0v) is 21.9.